The van der Waals surface area contributed by atoms with E-state index in [9.17, 15) is 4.79 Å². The van der Waals surface area contributed by atoms with E-state index < -0.39 is 5.54 Å². The molecule has 1 amide bonds. The summed E-state index contributed by atoms with van der Waals surface area (Å²) in [6.45, 7) is 2.01. The molecule has 136 valence electrons. The first-order chi connectivity index (χ1) is 12.4. The number of hydrogen-bond donors (Lipinski definition) is 2. The summed E-state index contributed by atoms with van der Waals surface area (Å²) < 4.78 is 0. The van der Waals surface area contributed by atoms with Gasteiger partial charge in [-0.15, -0.1) is 0 Å². The van der Waals surface area contributed by atoms with Gasteiger partial charge in [0.05, 0.1) is 11.5 Å². The molecule has 1 saturated carbocycles. The maximum Gasteiger partial charge on any atom is 0.235 e. The van der Waals surface area contributed by atoms with Gasteiger partial charge in [0.1, 0.15) is 0 Å². The molecule has 1 heterocycles. The lowest BCUT2D eigenvalue weighted by Gasteiger charge is -2.43. The maximum absolute atomic E-state index is 13.2. The predicted octanol–water partition coefficient (Wildman–Crippen LogP) is 2.80. The van der Waals surface area contributed by atoms with Gasteiger partial charge in [-0.25, -0.2) is 4.99 Å². The average molecular weight is 350 g/mol. The van der Waals surface area contributed by atoms with E-state index in [4.69, 9.17) is 16.5 Å². The molecule has 26 heavy (non-hydrogen) atoms. The molecule has 5 heteroatoms. The number of rotatable bonds is 3. The Hall–Kier alpha value is -2.56. The highest BCUT2D eigenvalue weighted by Gasteiger charge is 2.49. The first kappa shape index (κ1) is 16.9. The smallest absolute Gasteiger partial charge is 0.235 e. The Morgan fingerprint density at radius 3 is 2.46 bits per heavy atom. The molecule has 1 aromatic carbocycles. The molecule has 0 saturated heterocycles. The third-order valence-electron chi connectivity index (χ3n) is 6.03. The first-order valence-electron chi connectivity index (χ1n) is 9.27. The van der Waals surface area contributed by atoms with Crippen LogP contribution in [-0.2, 0) is 10.3 Å². The normalized spacial score (nSPS) is 31.6. The molecule has 3 aliphatic rings. The number of nitrogens with zero attached hydrogens (tertiary/aromatic N) is 2. The summed E-state index contributed by atoms with van der Waals surface area (Å²) >= 11 is 0. The van der Waals surface area contributed by atoms with E-state index in [-0.39, 0.29) is 23.7 Å². The largest absolute Gasteiger partial charge is 0.399 e. The highest BCUT2D eigenvalue weighted by Crippen LogP contribution is 2.46. The van der Waals surface area contributed by atoms with Crippen LogP contribution in [0.4, 0.5) is 5.69 Å². The summed E-state index contributed by atoms with van der Waals surface area (Å²) in [7, 11) is 1.70. The van der Waals surface area contributed by atoms with Crippen LogP contribution in [0.3, 0.4) is 0 Å². The fourth-order valence-corrected chi connectivity index (χ4v) is 4.23. The molecule has 1 fully saturated rings. The van der Waals surface area contributed by atoms with Crippen molar-refractivity contribution in [1.82, 2.24) is 4.90 Å². The quantitative estimate of drug-likeness (QED) is 0.822. The number of anilines is 1. The van der Waals surface area contributed by atoms with Crippen LogP contribution in [0.25, 0.3) is 0 Å². The monoisotopic (exact) mass is 350 g/mol. The summed E-state index contributed by atoms with van der Waals surface area (Å²) in [6, 6.07) is 7.62. The van der Waals surface area contributed by atoms with Gasteiger partial charge in [0, 0.05) is 12.7 Å². The van der Waals surface area contributed by atoms with Crippen molar-refractivity contribution < 1.29 is 4.79 Å². The number of benzene rings is 1. The van der Waals surface area contributed by atoms with E-state index in [2.05, 4.69) is 18.2 Å². The summed E-state index contributed by atoms with van der Waals surface area (Å²) in [5.41, 5.74) is 14.3. The van der Waals surface area contributed by atoms with Crippen LogP contribution in [-0.4, -0.2) is 23.8 Å². The van der Waals surface area contributed by atoms with Gasteiger partial charge in [-0.1, -0.05) is 30.4 Å². The summed E-state index contributed by atoms with van der Waals surface area (Å²) in [5, 5.41) is 0. The maximum atomic E-state index is 13.2. The van der Waals surface area contributed by atoms with Crippen molar-refractivity contribution in [3.05, 3.63) is 53.6 Å². The van der Waals surface area contributed by atoms with Gasteiger partial charge in [-0.05, 0) is 61.3 Å². The number of carbonyl (C=O) groups excluding carboxylic acids is 1. The van der Waals surface area contributed by atoms with Gasteiger partial charge in [0.2, 0.25) is 5.91 Å². The van der Waals surface area contributed by atoms with E-state index in [1.54, 1.807) is 7.05 Å². The highest BCUT2D eigenvalue weighted by atomic mass is 16.2. The summed E-state index contributed by atoms with van der Waals surface area (Å²) in [6.07, 6.45) is 10.2. The molecule has 1 aliphatic heterocycles. The minimum atomic E-state index is -0.707. The zero-order valence-corrected chi connectivity index (χ0v) is 15.4. The third-order valence-corrected chi connectivity index (χ3v) is 6.03. The molecule has 5 nitrogen and oxygen atoms in total. The van der Waals surface area contributed by atoms with Crippen molar-refractivity contribution in [2.45, 2.75) is 31.7 Å². The lowest BCUT2D eigenvalue weighted by molar-refractivity contribution is -0.135. The molecule has 1 aromatic rings. The Kier molecular flexibility index (Phi) is 3.90. The second kappa shape index (κ2) is 6.01. The van der Waals surface area contributed by atoms with Gasteiger partial charge in [-0.3, -0.25) is 9.69 Å². The van der Waals surface area contributed by atoms with Crippen LogP contribution in [0.5, 0.6) is 0 Å². The molecule has 4 rings (SSSR count). The topological polar surface area (TPSA) is 84.7 Å². The number of carbonyl (C=O) groups is 1. The van der Waals surface area contributed by atoms with Gasteiger partial charge < -0.3 is 11.5 Å². The number of amides is 1. The van der Waals surface area contributed by atoms with Crippen molar-refractivity contribution >= 4 is 17.6 Å². The van der Waals surface area contributed by atoms with Crippen molar-refractivity contribution in [3.8, 4) is 0 Å². The van der Waals surface area contributed by atoms with E-state index in [0.29, 0.717) is 5.69 Å². The molecule has 4 N–H and O–H groups in total. The molecule has 2 aliphatic carbocycles. The van der Waals surface area contributed by atoms with E-state index in [0.717, 1.165) is 17.9 Å². The lowest BCUT2D eigenvalue weighted by atomic mass is 9.69. The fourth-order valence-electron chi connectivity index (χ4n) is 4.23. The standard InChI is InChI=1S/C21H26N4O/c1-21(16-9-11-17(22)12-10-16)18(19(26)25(2)20(23)24-21)15-7-5-14(6-8-15)13-3-4-13/h5-7,9-13,15,18H,3-4,8,22H2,1-2H3,(H2,23,24)/t15?,18-,21+/m0/s1. The molecular formula is C21H26N4O. The zero-order chi connectivity index (χ0) is 18.5. The lowest BCUT2D eigenvalue weighted by Crippen LogP contribution is -2.55. The van der Waals surface area contributed by atoms with Crippen LogP contribution in [0, 0.1) is 17.8 Å². The van der Waals surface area contributed by atoms with Crippen LogP contribution < -0.4 is 11.5 Å². The minimum Gasteiger partial charge on any atom is -0.399 e. The van der Waals surface area contributed by atoms with Crippen molar-refractivity contribution in [1.29, 1.82) is 0 Å². The van der Waals surface area contributed by atoms with E-state index >= 15 is 0 Å². The minimum absolute atomic E-state index is 0.0229. The van der Waals surface area contributed by atoms with Crippen LogP contribution in [0.1, 0.15) is 31.7 Å². The fraction of sp³-hybridized carbons (Fsp3) is 0.429. The van der Waals surface area contributed by atoms with Gasteiger partial charge >= 0.3 is 0 Å². The number of aliphatic imine (C=N–C) groups is 1. The molecule has 0 radical (unpaired) electrons. The van der Waals surface area contributed by atoms with Crippen molar-refractivity contribution in [3.63, 3.8) is 0 Å². The van der Waals surface area contributed by atoms with Gasteiger partial charge in [0.25, 0.3) is 0 Å². The highest BCUT2D eigenvalue weighted by molar-refractivity contribution is 6.00. The Morgan fingerprint density at radius 1 is 1.19 bits per heavy atom. The Balaban J connectivity index is 1.73. The van der Waals surface area contributed by atoms with Crippen molar-refractivity contribution in [2.75, 3.05) is 12.8 Å². The molecule has 0 aromatic heterocycles. The molecular weight excluding hydrogens is 324 g/mol. The van der Waals surface area contributed by atoms with E-state index in [1.165, 1.54) is 23.3 Å². The Labute approximate surface area is 154 Å². The number of nitrogens with two attached hydrogens (primary N) is 2. The Morgan fingerprint density at radius 2 is 1.88 bits per heavy atom. The van der Waals surface area contributed by atoms with Crippen molar-refractivity contribution in [2.24, 2.45) is 28.5 Å². The number of nitrogen functional groups attached to an aromatic ring is 1. The number of hydrogen-bond acceptors (Lipinski definition) is 4. The molecule has 0 bridgehead atoms. The Bertz CT molecular complexity index is 819. The third kappa shape index (κ3) is 2.71. The summed E-state index contributed by atoms with van der Waals surface area (Å²) in [5.74, 6) is 0.826. The molecule has 3 atom stereocenters. The molecule has 1 unspecified atom stereocenters. The SMILES string of the molecule is CN1C(=O)[C@H](C2C=CC(C3CC3)=CC2)[C@@](C)(c2ccc(N)cc2)N=C1N. The first-order valence-corrected chi connectivity index (χ1v) is 9.27. The van der Waals surface area contributed by atoms with E-state index in [1.807, 2.05) is 31.2 Å². The average Bonchev–Trinajstić information content (AvgIpc) is 3.46. The zero-order valence-electron chi connectivity index (χ0n) is 15.4. The van der Waals surface area contributed by atoms with Gasteiger partial charge in [-0.2, -0.15) is 0 Å². The predicted molar refractivity (Wildman–Crippen MR) is 104 cm³/mol. The second-order valence-electron chi connectivity index (χ2n) is 7.85. The summed E-state index contributed by atoms with van der Waals surface area (Å²) in [4.78, 5) is 19.5. The number of guanidine groups is 1. The van der Waals surface area contributed by atoms with Crippen LogP contribution >= 0.6 is 0 Å². The number of allylic oxidation sites excluding steroid dienone is 4. The van der Waals surface area contributed by atoms with Crippen LogP contribution in [0.15, 0.2) is 53.1 Å². The van der Waals surface area contributed by atoms with Crippen LogP contribution in [0.2, 0.25) is 0 Å². The van der Waals surface area contributed by atoms with Gasteiger partial charge in [0.15, 0.2) is 5.96 Å². The molecule has 0 spiro atoms. The second-order valence-corrected chi connectivity index (χ2v) is 7.85.